The number of hydrogen-bond acceptors (Lipinski definition) is 4. The average Bonchev–Trinajstić information content (AvgIpc) is 2.69. The fraction of sp³-hybridized carbons (Fsp3) is 0.250. The van der Waals surface area contributed by atoms with Crippen molar-refractivity contribution >= 4 is 27.3 Å². The van der Waals surface area contributed by atoms with E-state index < -0.39 is 20.7 Å². The molecule has 0 spiro atoms. The monoisotopic (exact) mass is 332 g/mol. The maximum Gasteiger partial charge on any atom is 0.264 e. The van der Waals surface area contributed by atoms with Gasteiger partial charge >= 0.3 is 0 Å². The summed E-state index contributed by atoms with van der Waals surface area (Å²) in [7, 11) is -2.48. The van der Waals surface area contributed by atoms with Crippen LogP contribution in [0.4, 0.5) is 10.1 Å². The third-order valence-corrected chi connectivity index (χ3v) is 4.43. The van der Waals surface area contributed by atoms with Gasteiger partial charge in [0.2, 0.25) is 0 Å². The van der Waals surface area contributed by atoms with Crippen LogP contribution in [0.2, 0.25) is 5.02 Å². The highest BCUT2D eigenvalue weighted by Gasteiger charge is 2.23. The van der Waals surface area contributed by atoms with Crippen LogP contribution in [0.5, 0.6) is 0 Å². The minimum atomic E-state index is -4.13. The molecule has 6 nitrogen and oxygen atoms in total. The van der Waals surface area contributed by atoms with E-state index in [0.29, 0.717) is 5.69 Å². The summed E-state index contributed by atoms with van der Waals surface area (Å²) in [6.07, 6.45) is 1.49. The lowest BCUT2D eigenvalue weighted by Gasteiger charge is -2.10. The Bertz CT molecular complexity index is 789. The summed E-state index contributed by atoms with van der Waals surface area (Å²) in [5.74, 6) is -0.907. The molecule has 0 fully saturated rings. The number of nitrogens with zero attached hydrogens (tertiary/aromatic N) is 2. The van der Waals surface area contributed by atoms with Crippen LogP contribution >= 0.6 is 11.6 Å². The van der Waals surface area contributed by atoms with Gasteiger partial charge in [-0.1, -0.05) is 11.6 Å². The number of nitrogens with one attached hydrogen (secondary N) is 1. The largest absolute Gasteiger partial charge is 0.326 e. The zero-order valence-corrected chi connectivity index (χ0v) is 13.0. The van der Waals surface area contributed by atoms with Crippen molar-refractivity contribution in [2.45, 2.75) is 18.4 Å². The van der Waals surface area contributed by atoms with Crippen molar-refractivity contribution in [2.75, 3.05) is 4.72 Å². The van der Waals surface area contributed by atoms with Gasteiger partial charge in [0.05, 0.1) is 11.4 Å². The Morgan fingerprint density at radius 1 is 1.48 bits per heavy atom. The molecule has 0 bridgehead atoms. The molecular weight excluding hydrogens is 319 g/mol. The van der Waals surface area contributed by atoms with Crippen LogP contribution in [0.25, 0.3) is 0 Å². The Kier molecular flexibility index (Phi) is 4.22. The van der Waals surface area contributed by atoms with Gasteiger partial charge in [0.25, 0.3) is 10.0 Å². The van der Waals surface area contributed by atoms with Crippen molar-refractivity contribution in [3.8, 4) is 0 Å². The van der Waals surface area contributed by atoms with Gasteiger partial charge < -0.3 is 5.73 Å². The maximum atomic E-state index is 14.2. The summed E-state index contributed by atoms with van der Waals surface area (Å²) < 4.78 is 42.6. The zero-order valence-electron chi connectivity index (χ0n) is 11.4. The summed E-state index contributed by atoms with van der Waals surface area (Å²) in [6, 6.07) is 2.34. The van der Waals surface area contributed by atoms with Gasteiger partial charge in [-0.15, -0.1) is 0 Å². The molecule has 0 radical (unpaired) electrons. The quantitative estimate of drug-likeness (QED) is 0.893. The summed E-state index contributed by atoms with van der Waals surface area (Å²) in [4.78, 5) is -0.543. The van der Waals surface area contributed by atoms with Crippen LogP contribution in [0.1, 0.15) is 11.3 Å². The van der Waals surface area contributed by atoms with Gasteiger partial charge in [0.15, 0.2) is 0 Å². The molecule has 2 rings (SSSR count). The molecule has 1 heterocycles. The Balaban J connectivity index is 2.49. The molecule has 9 heteroatoms. The molecule has 0 saturated heterocycles. The number of aryl methyl sites for hydroxylation is 2. The average molecular weight is 333 g/mol. The van der Waals surface area contributed by atoms with Gasteiger partial charge in [-0.2, -0.15) is 5.10 Å². The van der Waals surface area contributed by atoms with Gasteiger partial charge in [0, 0.05) is 30.4 Å². The van der Waals surface area contributed by atoms with E-state index in [1.54, 1.807) is 14.0 Å². The van der Waals surface area contributed by atoms with E-state index >= 15 is 0 Å². The predicted molar refractivity (Wildman–Crippen MR) is 78.1 cm³/mol. The van der Waals surface area contributed by atoms with Gasteiger partial charge in [-0.25, -0.2) is 12.8 Å². The Morgan fingerprint density at radius 3 is 2.67 bits per heavy atom. The third kappa shape index (κ3) is 3.17. The van der Waals surface area contributed by atoms with E-state index in [0.717, 1.165) is 6.07 Å². The first-order valence-corrected chi connectivity index (χ1v) is 7.81. The van der Waals surface area contributed by atoms with Crippen LogP contribution in [0.3, 0.4) is 0 Å². The van der Waals surface area contributed by atoms with Crippen molar-refractivity contribution < 1.29 is 12.8 Å². The zero-order chi connectivity index (χ0) is 15.8. The Morgan fingerprint density at radius 2 is 2.14 bits per heavy atom. The summed E-state index contributed by atoms with van der Waals surface area (Å²) in [5.41, 5.74) is 6.16. The van der Waals surface area contributed by atoms with Gasteiger partial charge in [-0.05, 0) is 19.1 Å². The molecule has 3 N–H and O–H groups in total. The molecule has 0 saturated carbocycles. The lowest BCUT2D eigenvalue weighted by molar-refractivity contribution is 0.561. The molecule has 1 aromatic heterocycles. The van der Waals surface area contributed by atoms with Crippen LogP contribution in [-0.2, 0) is 23.6 Å². The fourth-order valence-electron chi connectivity index (χ4n) is 1.86. The van der Waals surface area contributed by atoms with E-state index in [-0.39, 0.29) is 22.8 Å². The minimum Gasteiger partial charge on any atom is -0.326 e. The number of rotatable bonds is 4. The molecular formula is C12H14ClFN4O2S. The van der Waals surface area contributed by atoms with Crippen molar-refractivity contribution in [1.82, 2.24) is 9.78 Å². The molecule has 0 aliphatic heterocycles. The number of benzene rings is 1. The molecule has 114 valence electrons. The number of halogens is 2. The lowest BCUT2D eigenvalue weighted by Crippen LogP contribution is -2.16. The topological polar surface area (TPSA) is 90.0 Å². The van der Waals surface area contributed by atoms with Crippen LogP contribution in [0.15, 0.2) is 23.2 Å². The van der Waals surface area contributed by atoms with Gasteiger partial charge in [-0.3, -0.25) is 9.40 Å². The first-order chi connectivity index (χ1) is 9.74. The van der Waals surface area contributed by atoms with Crippen molar-refractivity contribution in [3.05, 3.63) is 40.4 Å². The summed E-state index contributed by atoms with van der Waals surface area (Å²) in [6.45, 7) is 1.48. The normalized spacial score (nSPS) is 11.7. The van der Waals surface area contributed by atoms with Crippen molar-refractivity contribution in [2.24, 2.45) is 12.8 Å². The SMILES string of the molecule is Cc1nn(C)cc1NS(=O)(=O)c1cc(Cl)cc(CN)c1F. The van der Waals surface area contributed by atoms with E-state index in [1.165, 1.54) is 16.9 Å². The van der Waals surface area contributed by atoms with E-state index in [9.17, 15) is 12.8 Å². The molecule has 0 amide bonds. The first-order valence-electron chi connectivity index (χ1n) is 5.95. The summed E-state index contributed by atoms with van der Waals surface area (Å²) in [5, 5.41) is 4.11. The molecule has 0 unspecified atom stereocenters. The Labute approximate surface area is 126 Å². The predicted octanol–water partition coefficient (Wildman–Crippen LogP) is 1.78. The third-order valence-electron chi connectivity index (χ3n) is 2.85. The van der Waals surface area contributed by atoms with E-state index in [1.807, 2.05) is 0 Å². The molecule has 0 aliphatic carbocycles. The number of anilines is 1. The fourth-order valence-corrected chi connectivity index (χ4v) is 3.42. The lowest BCUT2D eigenvalue weighted by atomic mass is 10.2. The van der Waals surface area contributed by atoms with Gasteiger partial charge in [0.1, 0.15) is 10.7 Å². The number of sulfonamides is 1. The smallest absolute Gasteiger partial charge is 0.264 e. The molecule has 0 atom stereocenters. The second-order valence-corrected chi connectivity index (χ2v) is 6.58. The highest BCUT2D eigenvalue weighted by atomic mass is 35.5. The molecule has 21 heavy (non-hydrogen) atoms. The van der Waals surface area contributed by atoms with Crippen molar-refractivity contribution in [1.29, 1.82) is 0 Å². The molecule has 0 aliphatic rings. The van der Waals surface area contributed by atoms with Crippen LogP contribution in [-0.4, -0.2) is 18.2 Å². The highest BCUT2D eigenvalue weighted by Crippen LogP contribution is 2.26. The standard InChI is InChI=1S/C12H14ClFN4O2S/c1-7-10(6-18(2)16-7)17-21(19,20)11-4-9(13)3-8(5-15)12(11)14/h3-4,6,17H,5,15H2,1-2H3. The van der Waals surface area contributed by atoms with Crippen LogP contribution in [0, 0.1) is 12.7 Å². The second kappa shape index (κ2) is 5.63. The minimum absolute atomic E-state index is 0.0331. The summed E-state index contributed by atoms with van der Waals surface area (Å²) >= 11 is 5.81. The first kappa shape index (κ1) is 15.7. The Hall–Kier alpha value is -1.64. The molecule has 2 aromatic rings. The number of nitrogens with two attached hydrogens (primary N) is 1. The van der Waals surface area contributed by atoms with Crippen molar-refractivity contribution in [3.63, 3.8) is 0 Å². The number of aromatic nitrogens is 2. The number of hydrogen-bond donors (Lipinski definition) is 2. The maximum absolute atomic E-state index is 14.2. The second-order valence-electron chi connectivity index (χ2n) is 4.49. The highest BCUT2D eigenvalue weighted by molar-refractivity contribution is 7.92. The molecule has 1 aromatic carbocycles. The van der Waals surface area contributed by atoms with E-state index in [2.05, 4.69) is 9.82 Å². The van der Waals surface area contributed by atoms with E-state index in [4.69, 9.17) is 17.3 Å². The van der Waals surface area contributed by atoms with Crippen LogP contribution < -0.4 is 10.5 Å².